The number of carbonyl (C=O) groups excluding carboxylic acids is 1. The molecule has 4 rings (SSSR count). The van der Waals surface area contributed by atoms with E-state index in [9.17, 15) is 4.79 Å². The van der Waals surface area contributed by atoms with E-state index in [4.69, 9.17) is 0 Å². The molecule has 0 aliphatic carbocycles. The third kappa shape index (κ3) is 3.22. The highest BCUT2D eigenvalue weighted by atomic mass is 32.1. The van der Waals surface area contributed by atoms with E-state index in [1.54, 1.807) is 11.0 Å². The van der Waals surface area contributed by atoms with Crippen molar-refractivity contribution in [3.05, 3.63) is 46.7 Å². The van der Waals surface area contributed by atoms with Crippen LogP contribution in [0.15, 0.2) is 36.2 Å². The van der Waals surface area contributed by atoms with Crippen LogP contribution in [0, 0.1) is 6.92 Å². The Hall–Kier alpha value is -2.81. The van der Waals surface area contributed by atoms with Crippen molar-refractivity contribution < 1.29 is 4.79 Å². The van der Waals surface area contributed by atoms with E-state index in [0.29, 0.717) is 18.9 Å². The maximum atomic E-state index is 12.5. The standard InChI is InChI=1S/C16H17N7OS/c1-12-8-13(25-9-12)16(24)22-6-4-21(5-7-22)14-2-3-15(20-19-14)23-11-17-10-18-23/h2-3,8-11H,4-7H2,1H3. The SMILES string of the molecule is Cc1csc(C(=O)N2CCN(c3ccc(-n4cncn4)nn3)CC2)c1. The van der Waals surface area contributed by atoms with Crippen LogP contribution in [0.1, 0.15) is 15.2 Å². The molecule has 4 heterocycles. The maximum absolute atomic E-state index is 12.5. The highest BCUT2D eigenvalue weighted by molar-refractivity contribution is 7.12. The Balaban J connectivity index is 1.39. The molecule has 128 valence electrons. The van der Waals surface area contributed by atoms with Crippen molar-refractivity contribution in [2.45, 2.75) is 6.92 Å². The van der Waals surface area contributed by atoms with E-state index in [2.05, 4.69) is 25.2 Å². The number of hydrogen-bond donors (Lipinski definition) is 0. The Bertz CT molecular complexity index is 851. The molecule has 1 aliphatic heterocycles. The lowest BCUT2D eigenvalue weighted by molar-refractivity contribution is 0.0751. The number of anilines is 1. The molecule has 0 spiro atoms. The van der Waals surface area contributed by atoms with E-state index >= 15 is 0 Å². The van der Waals surface area contributed by atoms with E-state index in [0.717, 1.165) is 29.3 Å². The summed E-state index contributed by atoms with van der Waals surface area (Å²) in [5.41, 5.74) is 1.13. The number of hydrogen-bond acceptors (Lipinski definition) is 7. The van der Waals surface area contributed by atoms with Crippen molar-refractivity contribution in [3.8, 4) is 5.82 Å². The molecule has 0 aromatic carbocycles. The molecule has 0 N–H and O–H groups in total. The quantitative estimate of drug-likeness (QED) is 0.706. The Labute approximate surface area is 148 Å². The Kier molecular flexibility index (Phi) is 4.14. The van der Waals surface area contributed by atoms with Crippen molar-refractivity contribution in [1.29, 1.82) is 0 Å². The number of aromatic nitrogens is 5. The molecular weight excluding hydrogens is 338 g/mol. The van der Waals surface area contributed by atoms with E-state index in [1.165, 1.54) is 17.7 Å². The predicted octanol–water partition coefficient (Wildman–Crippen LogP) is 1.39. The van der Waals surface area contributed by atoms with Crippen LogP contribution in [-0.4, -0.2) is 61.9 Å². The lowest BCUT2D eigenvalue weighted by Gasteiger charge is -2.35. The molecule has 0 unspecified atom stereocenters. The number of carbonyl (C=O) groups is 1. The number of thiophene rings is 1. The molecule has 1 fully saturated rings. The molecule has 0 radical (unpaired) electrons. The monoisotopic (exact) mass is 355 g/mol. The molecule has 1 amide bonds. The first-order valence-electron chi connectivity index (χ1n) is 7.99. The van der Waals surface area contributed by atoms with E-state index < -0.39 is 0 Å². The van der Waals surface area contributed by atoms with Gasteiger partial charge >= 0.3 is 0 Å². The summed E-state index contributed by atoms with van der Waals surface area (Å²) in [7, 11) is 0. The topological polar surface area (TPSA) is 80.0 Å². The summed E-state index contributed by atoms with van der Waals surface area (Å²) in [6, 6.07) is 5.74. The molecule has 3 aromatic heterocycles. The Morgan fingerprint density at radius 2 is 1.88 bits per heavy atom. The molecule has 3 aromatic rings. The van der Waals surface area contributed by atoms with Crippen molar-refractivity contribution in [1.82, 2.24) is 29.9 Å². The van der Waals surface area contributed by atoms with Gasteiger partial charge in [0, 0.05) is 26.2 Å². The van der Waals surface area contributed by atoms with Crippen molar-refractivity contribution in [3.63, 3.8) is 0 Å². The third-order valence-electron chi connectivity index (χ3n) is 4.12. The maximum Gasteiger partial charge on any atom is 0.264 e. The fraction of sp³-hybridized carbons (Fsp3) is 0.312. The van der Waals surface area contributed by atoms with Crippen LogP contribution in [0.25, 0.3) is 5.82 Å². The number of piperazine rings is 1. The van der Waals surface area contributed by atoms with Crippen LogP contribution in [0.5, 0.6) is 0 Å². The average molecular weight is 355 g/mol. The summed E-state index contributed by atoms with van der Waals surface area (Å²) in [5.74, 6) is 1.55. The van der Waals surface area contributed by atoms with Gasteiger partial charge in [-0.15, -0.1) is 21.5 Å². The van der Waals surface area contributed by atoms with Crippen LogP contribution in [0.3, 0.4) is 0 Å². The summed E-state index contributed by atoms with van der Waals surface area (Å²) in [6.45, 7) is 4.86. The van der Waals surface area contributed by atoms with Gasteiger partial charge in [0.25, 0.3) is 5.91 Å². The van der Waals surface area contributed by atoms with Gasteiger partial charge < -0.3 is 9.80 Å². The normalized spacial score (nSPS) is 14.8. The second-order valence-corrected chi connectivity index (χ2v) is 6.77. The zero-order valence-corrected chi connectivity index (χ0v) is 14.6. The average Bonchev–Trinajstić information content (AvgIpc) is 3.33. The van der Waals surface area contributed by atoms with Gasteiger partial charge in [-0.2, -0.15) is 5.10 Å². The van der Waals surface area contributed by atoms with Gasteiger partial charge in [0.1, 0.15) is 12.7 Å². The predicted molar refractivity (Wildman–Crippen MR) is 94.1 cm³/mol. The fourth-order valence-corrected chi connectivity index (χ4v) is 3.64. The van der Waals surface area contributed by atoms with Crippen LogP contribution >= 0.6 is 11.3 Å². The Morgan fingerprint density at radius 1 is 1.12 bits per heavy atom. The van der Waals surface area contributed by atoms with Crippen LogP contribution in [0.4, 0.5) is 5.82 Å². The minimum Gasteiger partial charge on any atom is -0.352 e. The highest BCUT2D eigenvalue weighted by Gasteiger charge is 2.23. The largest absolute Gasteiger partial charge is 0.352 e. The molecule has 1 aliphatic rings. The van der Waals surface area contributed by atoms with Gasteiger partial charge in [0.15, 0.2) is 11.6 Å². The van der Waals surface area contributed by atoms with Gasteiger partial charge in [0.05, 0.1) is 4.88 Å². The lowest BCUT2D eigenvalue weighted by atomic mass is 10.2. The van der Waals surface area contributed by atoms with Crippen molar-refractivity contribution in [2.75, 3.05) is 31.1 Å². The van der Waals surface area contributed by atoms with Gasteiger partial charge in [0.2, 0.25) is 0 Å². The number of rotatable bonds is 3. The highest BCUT2D eigenvalue weighted by Crippen LogP contribution is 2.19. The van der Waals surface area contributed by atoms with Gasteiger partial charge in [-0.1, -0.05) is 0 Å². The molecular formula is C16H17N7OS. The van der Waals surface area contributed by atoms with Gasteiger partial charge in [-0.25, -0.2) is 9.67 Å². The van der Waals surface area contributed by atoms with Crippen LogP contribution in [0.2, 0.25) is 0 Å². The second-order valence-electron chi connectivity index (χ2n) is 5.86. The summed E-state index contributed by atoms with van der Waals surface area (Å²) in [6.07, 6.45) is 3.04. The molecule has 25 heavy (non-hydrogen) atoms. The molecule has 0 bridgehead atoms. The molecule has 8 nitrogen and oxygen atoms in total. The second kappa shape index (κ2) is 6.60. The van der Waals surface area contributed by atoms with Crippen molar-refractivity contribution in [2.24, 2.45) is 0 Å². The molecule has 1 saturated heterocycles. The van der Waals surface area contributed by atoms with E-state index in [1.807, 2.05) is 35.4 Å². The van der Waals surface area contributed by atoms with Crippen LogP contribution in [-0.2, 0) is 0 Å². The summed E-state index contributed by atoms with van der Waals surface area (Å²) in [4.78, 5) is 21.3. The molecule has 9 heteroatoms. The number of amides is 1. The lowest BCUT2D eigenvalue weighted by Crippen LogP contribution is -2.49. The molecule has 0 saturated carbocycles. The Morgan fingerprint density at radius 3 is 2.48 bits per heavy atom. The summed E-state index contributed by atoms with van der Waals surface area (Å²) >= 11 is 1.51. The zero-order valence-electron chi connectivity index (χ0n) is 13.7. The fourth-order valence-electron chi connectivity index (χ4n) is 2.77. The summed E-state index contributed by atoms with van der Waals surface area (Å²) in [5, 5.41) is 14.5. The number of aryl methyl sites for hydroxylation is 1. The first-order valence-corrected chi connectivity index (χ1v) is 8.87. The number of nitrogens with zero attached hydrogens (tertiary/aromatic N) is 7. The van der Waals surface area contributed by atoms with Crippen LogP contribution < -0.4 is 4.90 Å². The van der Waals surface area contributed by atoms with E-state index in [-0.39, 0.29) is 5.91 Å². The van der Waals surface area contributed by atoms with Gasteiger partial charge in [-0.3, -0.25) is 4.79 Å². The minimum absolute atomic E-state index is 0.116. The molecule has 0 atom stereocenters. The first-order chi connectivity index (χ1) is 12.2. The van der Waals surface area contributed by atoms with Crippen molar-refractivity contribution >= 4 is 23.1 Å². The third-order valence-corrected chi connectivity index (χ3v) is 5.16. The van der Waals surface area contributed by atoms with Gasteiger partial charge in [-0.05, 0) is 36.1 Å². The first kappa shape index (κ1) is 15.7. The summed E-state index contributed by atoms with van der Waals surface area (Å²) < 4.78 is 1.57. The zero-order chi connectivity index (χ0) is 17.2. The minimum atomic E-state index is 0.116. The smallest absolute Gasteiger partial charge is 0.264 e.